The van der Waals surface area contributed by atoms with Crippen LogP contribution >= 0.6 is 11.3 Å². The van der Waals surface area contributed by atoms with Crippen molar-refractivity contribution in [3.8, 4) is 0 Å². The van der Waals surface area contributed by atoms with Crippen LogP contribution < -0.4 is 11.3 Å². The lowest BCUT2D eigenvalue weighted by Crippen LogP contribution is -2.51. The minimum atomic E-state index is -0.242. The SMILES string of the molecule is CCOC1(C(NN)c2ccsc2C)CCOCC1. The largest absolute Gasteiger partial charge is 0.381 e. The van der Waals surface area contributed by atoms with Gasteiger partial charge >= 0.3 is 0 Å². The maximum atomic E-state index is 6.08. The van der Waals surface area contributed by atoms with Gasteiger partial charge < -0.3 is 9.47 Å². The zero-order valence-electron chi connectivity index (χ0n) is 11.1. The summed E-state index contributed by atoms with van der Waals surface area (Å²) in [4.78, 5) is 1.29. The van der Waals surface area contributed by atoms with Crippen molar-refractivity contribution in [2.45, 2.75) is 38.3 Å². The lowest BCUT2D eigenvalue weighted by Gasteiger charge is -2.42. The van der Waals surface area contributed by atoms with Gasteiger partial charge in [0.1, 0.15) is 0 Å². The minimum Gasteiger partial charge on any atom is -0.381 e. The van der Waals surface area contributed by atoms with Crippen LogP contribution in [0.5, 0.6) is 0 Å². The summed E-state index contributed by atoms with van der Waals surface area (Å²) in [6.07, 6.45) is 1.76. The normalized spacial score (nSPS) is 20.8. The van der Waals surface area contributed by atoms with Crippen molar-refractivity contribution in [3.05, 3.63) is 21.9 Å². The van der Waals surface area contributed by atoms with E-state index in [-0.39, 0.29) is 11.6 Å². The second kappa shape index (κ2) is 6.12. The highest BCUT2D eigenvalue weighted by molar-refractivity contribution is 7.10. The number of hydrazine groups is 1. The molecule has 3 N–H and O–H groups in total. The third kappa shape index (κ3) is 2.60. The number of ether oxygens (including phenoxy) is 2. The number of rotatable bonds is 5. The van der Waals surface area contributed by atoms with E-state index in [1.54, 1.807) is 11.3 Å². The number of thiophene rings is 1. The topological polar surface area (TPSA) is 56.5 Å². The number of aryl methyl sites for hydroxylation is 1. The van der Waals surface area contributed by atoms with Gasteiger partial charge in [0.15, 0.2) is 0 Å². The van der Waals surface area contributed by atoms with Gasteiger partial charge in [-0.2, -0.15) is 0 Å². The molecule has 2 heterocycles. The molecule has 5 heteroatoms. The molecule has 0 aromatic carbocycles. The molecule has 102 valence electrons. The van der Waals surface area contributed by atoms with E-state index in [9.17, 15) is 0 Å². The number of nitrogens with one attached hydrogen (secondary N) is 1. The Hall–Kier alpha value is -0.460. The van der Waals surface area contributed by atoms with Gasteiger partial charge in [0, 0.05) is 37.5 Å². The van der Waals surface area contributed by atoms with Crippen molar-refractivity contribution in [2.24, 2.45) is 5.84 Å². The van der Waals surface area contributed by atoms with Crippen LogP contribution in [-0.4, -0.2) is 25.4 Å². The average Bonchev–Trinajstić information content (AvgIpc) is 2.78. The Morgan fingerprint density at radius 1 is 1.56 bits per heavy atom. The summed E-state index contributed by atoms with van der Waals surface area (Å²) in [6, 6.07) is 2.17. The van der Waals surface area contributed by atoms with E-state index in [2.05, 4.69) is 23.8 Å². The van der Waals surface area contributed by atoms with Crippen molar-refractivity contribution >= 4 is 11.3 Å². The van der Waals surface area contributed by atoms with Gasteiger partial charge in [0.25, 0.3) is 0 Å². The standard InChI is InChI=1S/C13H22N2O2S/c1-3-17-13(5-7-16-8-6-13)12(15-14)11-4-9-18-10(11)2/h4,9,12,15H,3,5-8,14H2,1-2H3. The minimum absolute atomic E-state index is 0.0348. The first-order valence-electron chi connectivity index (χ1n) is 6.45. The molecule has 2 rings (SSSR count). The molecule has 1 aromatic rings. The molecule has 0 saturated carbocycles. The first-order valence-corrected chi connectivity index (χ1v) is 7.33. The van der Waals surface area contributed by atoms with E-state index in [1.165, 1.54) is 10.4 Å². The molecule has 0 spiro atoms. The Kier molecular flexibility index (Phi) is 4.75. The van der Waals surface area contributed by atoms with Crippen molar-refractivity contribution < 1.29 is 9.47 Å². The smallest absolute Gasteiger partial charge is 0.0933 e. The molecule has 1 aromatic heterocycles. The summed E-state index contributed by atoms with van der Waals surface area (Å²) in [5, 5.41) is 2.11. The molecule has 1 fully saturated rings. The van der Waals surface area contributed by atoms with Crippen LogP contribution in [-0.2, 0) is 9.47 Å². The molecule has 0 amide bonds. The lowest BCUT2D eigenvalue weighted by atomic mass is 9.82. The first kappa shape index (κ1) is 14.0. The van der Waals surface area contributed by atoms with Crippen molar-refractivity contribution in [1.82, 2.24) is 5.43 Å². The van der Waals surface area contributed by atoms with Gasteiger partial charge in [0.2, 0.25) is 0 Å². The molecule has 1 aliphatic heterocycles. The first-order chi connectivity index (χ1) is 8.73. The second-order valence-corrected chi connectivity index (χ2v) is 5.76. The van der Waals surface area contributed by atoms with Crippen LogP contribution in [0.2, 0.25) is 0 Å². The van der Waals surface area contributed by atoms with E-state index in [1.807, 2.05) is 6.92 Å². The summed E-state index contributed by atoms with van der Waals surface area (Å²) >= 11 is 1.75. The highest BCUT2D eigenvalue weighted by Gasteiger charge is 2.42. The van der Waals surface area contributed by atoms with Gasteiger partial charge in [0.05, 0.1) is 11.6 Å². The molecule has 1 unspecified atom stereocenters. The van der Waals surface area contributed by atoms with Gasteiger partial charge in [-0.15, -0.1) is 11.3 Å². The molecule has 1 aliphatic rings. The van der Waals surface area contributed by atoms with Gasteiger partial charge in [-0.1, -0.05) is 0 Å². The zero-order chi connectivity index (χ0) is 13.0. The van der Waals surface area contributed by atoms with Crippen LogP contribution in [0.1, 0.15) is 36.2 Å². The monoisotopic (exact) mass is 270 g/mol. The Morgan fingerprint density at radius 2 is 2.28 bits per heavy atom. The fourth-order valence-electron chi connectivity index (χ4n) is 2.74. The molecular weight excluding hydrogens is 248 g/mol. The maximum absolute atomic E-state index is 6.08. The summed E-state index contributed by atoms with van der Waals surface area (Å²) in [5.74, 6) is 5.81. The van der Waals surface area contributed by atoms with Crippen LogP contribution in [0, 0.1) is 6.92 Å². The predicted octanol–water partition coefficient (Wildman–Crippen LogP) is 2.15. The second-order valence-electron chi connectivity index (χ2n) is 4.64. The third-order valence-electron chi connectivity index (χ3n) is 3.67. The molecule has 4 nitrogen and oxygen atoms in total. The van der Waals surface area contributed by atoms with Crippen LogP contribution in [0.25, 0.3) is 0 Å². The molecule has 0 radical (unpaired) electrons. The Bertz CT molecular complexity index is 369. The number of hydrogen-bond donors (Lipinski definition) is 2. The Morgan fingerprint density at radius 3 is 2.78 bits per heavy atom. The van der Waals surface area contributed by atoms with E-state index in [0.717, 1.165) is 26.1 Å². The van der Waals surface area contributed by atoms with E-state index < -0.39 is 0 Å². The quantitative estimate of drug-likeness (QED) is 0.636. The van der Waals surface area contributed by atoms with Crippen LogP contribution in [0.15, 0.2) is 11.4 Å². The fraction of sp³-hybridized carbons (Fsp3) is 0.692. The summed E-state index contributed by atoms with van der Waals surface area (Å²) < 4.78 is 11.6. The predicted molar refractivity (Wildman–Crippen MR) is 73.5 cm³/mol. The van der Waals surface area contributed by atoms with Crippen molar-refractivity contribution in [1.29, 1.82) is 0 Å². The molecule has 18 heavy (non-hydrogen) atoms. The Balaban J connectivity index is 2.29. The fourth-order valence-corrected chi connectivity index (χ4v) is 3.48. The van der Waals surface area contributed by atoms with E-state index in [4.69, 9.17) is 15.3 Å². The average molecular weight is 270 g/mol. The molecule has 0 aliphatic carbocycles. The molecule has 0 bridgehead atoms. The lowest BCUT2D eigenvalue weighted by molar-refractivity contribution is -0.128. The van der Waals surface area contributed by atoms with Crippen LogP contribution in [0.3, 0.4) is 0 Å². The van der Waals surface area contributed by atoms with Crippen LogP contribution in [0.4, 0.5) is 0 Å². The summed E-state index contributed by atoms with van der Waals surface area (Å²) in [5.41, 5.74) is 3.97. The Labute approximate surface area is 112 Å². The third-order valence-corrected chi connectivity index (χ3v) is 4.54. The number of hydrogen-bond acceptors (Lipinski definition) is 5. The summed E-state index contributed by atoms with van der Waals surface area (Å²) in [6.45, 7) is 6.33. The summed E-state index contributed by atoms with van der Waals surface area (Å²) in [7, 11) is 0. The highest BCUT2D eigenvalue weighted by atomic mass is 32.1. The van der Waals surface area contributed by atoms with Gasteiger partial charge in [-0.05, 0) is 30.9 Å². The molecule has 1 saturated heterocycles. The van der Waals surface area contributed by atoms with E-state index >= 15 is 0 Å². The molecule has 1 atom stereocenters. The highest BCUT2D eigenvalue weighted by Crippen LogP contribution is 2.39. The number of nitrogens with two attached hydrogens (primary N) is 1. The van der Waals surface area contributed by atoms with E-state index in [0.29, 0.717) is 6.61 Å². The van der Waals surface area contributed by atoms with Crippen molar-refractivity contribution in [3.63, 3.8) is 0 Å². The van der Waals surface area contributed by atoms with Crippen molar-refractivity contribution in [2.75, 3.05) is 19.8 Å². The zero-order valence-corrected chi connectivity index (χ0v) is 11.9. The van der Waals surface area contributed by atoms with Gasteiger partial charge in [-0.3, -0.25) is 11.3 Å². The van der Waals surface area contributed by atoms with Gasteiger partial charge in [-0.25, -0.2) is 0 Å². The molecular formula is C13H22N2O2S. The maximum Gasteiger partial charge on any atom is 0.0933 e.